The highest BCUT2D eigenvalue weighted by Gasteiger charge is 2.36. The number of esters is 1. The van der Waals surface area contributed by atoms with Gasteiger partial charge in [0.1, 0.15) is 0 Å². The van der Waals surface area contributed by atoms with Gasteiger partial charge >= 0.3 is 5.97 Å². The zero-order valence-corrected chi connectivity index (χ0v) is 23.9. The molecule has 2 heterocycles. The predicted octanol–water partition coefficient (Wildman–Crippen LogP) is 5.80. The number of hydrogen-bond acceptors (Lipinski definition) is 6. The minimum absolute atomic E-state index is 0.0781. The van der Waals surface area contributed by atoms with Crippen LogP contribution in [0.1, 0.15) is 86.3 Å². The molecule has 0 bridgehead atoms. The molecule has 2 aromatic rings. The van der Waals surface area contributed by atoms with Gasteiger partial charge in [0.2, 0.25) is 0 Å². The number of halogens is 2. The Bertz CT molecular complexity index is 1140. The molecule has 37 heavy (non-hydrogen) atoms. The fourth-order valence-corrected chi connectivity index (χ4v) is 5.64. The maximum absolute atomic E-state index is 13.7. The van der Waals surface area contributed by atoms with Gasteiger partial charge in [-0.15, -0.1) is 0 Å². The first kappa shape index (κ1) is 29.1. The molecule has 10 heteroatoms. The van der Waals surface area contributed by atoms with Gasteiger partial charge in [-0.25, -0.2) is 0 Å². The van der Waals surface area contributed by atoms with Crippen LogP contribution in [0.2, 0.25) is 10.0 Å². The first-order valence-corrected chi connectivity index (χ1v) is 13.4. The number of rotatable bonds is 8. The Morgan fingerprint density at radius 1 is 1.14 bits per heavy atom. The number of amides is 1. The molecule has 0 aromatic carbocycles. The number of pyridine rings is 1. The third-order valence-corrected chi connectivity index (χ3v) is 7.34. The van der Waals surface area contributed by atoms with E-state index >= 15 is 0 Å². The molecule has 8 nitrogen and oxygen atoms in total. The molecule has 1 amide bonds. The topological polar surface area (TPSA) is 94.4 Å². The molecule has 0 N–H and O–H groups in total. The SMILES string of the molecule is CCOC(=O)[C@H]1CC[C@H](n2ncc(C(=O)N(CC(=O)c3c(Cl)cncc3Cl)CC(C)(C)C)c2C)C[C@@H]1C. The predicted molar refractivity (Wildman–Crippen MR) is 143 cm³/mol. The average Bonchev–Trinajstić information content (AvgIpc) is 3.18. The summed E-state index contributed by atoms with van der Waals surface area (Å²) in [5.74, 6) is -0.746. The standard InChI is InChI=1S/C27H36Cl2N4O4/c1-7-37-26(36)19-9-8-18(10-16(19)2)33-17(3)20(11-31-33)25(35)32(15-27(4,5)6)14-23(34)24-21(28)12-30-13-22(24)29/h11-13,16,18-19H,7-10,14-15H2,1-6H3/t16-,18-,19-/m0/s1. The third kappa shape index (κ3) is 6.90. The number of Topliss-reactive ketones (excluding diaryl/α,β-unsaturated/α-hetero) is 1. The van der Waals surface area contributed by atoms with Crippen LogP contribution in [0.15, 0.2) is 18.6 Å². The normalized spacial score (nSPS) is 19.9. The lowest BCUT2D eigenvalue weighted by Gasteiger charge is -2.33. The average molecular weight is 552 g/mol. The lowest BCUT2D eigenvalue weighted by atomic mass is 9.78. The van der Waals surface area contributed by atoms with Gasteiger partial charge in [-0.3, -0.25) is 24.0 Å². The highest BCUT2D eigenvalue weighted by atomic mass is 35.5. The number of nitrogens with zero attached hydrogens (tertiary/aromatic N) is 4. The summed E-state index contributed by atoms with van der Waals surface area (Å²) >= 11 is 12.4. The maximum atomic E-state index is 13.7. The van der Waals surface area contributed by atoms with Crippen LogP contribution in [0.5, 0.6) is 0 Å². The Morgan fingerprint density at radius 2 is 1.78 bits per heavy atom. The van der Waals surface area contributed by atoms with E-state index < -0.39 is 0 Å². The summed E-state index contributed by atoms with van der Waals surface area (Å²) in [6.45, 7) is 12.3. The van der Waals surface area contributed by atoms with Crippen LogP contribution < -0.4 is 0 Å². The number of ketones is 1. The molecule has 1 aliphatic rings. The Hall–Kier alpha value is -2.45. The minimum atomic E-state index is -0.355. The van der Waals surface area contributed by atoms with Gasteiger partial charge in [-0.2, -0.15) is 5.10 Å². The van der Waals surface area contributed by atoms with Crippen molar-refractivity contribution >= 4 is 40.9 Å². The first-order chi connectivity index (χ1) is 17.3. The third-order valence-electron chi connectivity index (χ3n) is 6.77. The Morgan fingerprint density at radius 3 is 2.35 bits per heavy atom. The molecule has 0 radical (unpaired) electrons. The van der Waals surface area contributed by atoms with Crippen LogP contribution in [-0.2, 0) is 9.53 Å². The molecule has 202 valence electrons. The van der Waals surface area contributed by atoms with Crippen LogP contribution >= 0.6 is 23.2 Å². The van der Waals surface area contributed by atoms with E-state index in [-0.39, 0.29) is 63.1 Å². The van der Waals surface area contributed by atoms with Crippen molar-refractivity contribution in [1.29, 1.82) is 0 Å². The van der Waals surface area contributed by atoms with E-state index in [9.17, 15) is 14.4 Å². The number of aromatic nitrogens is 3. The van der Waals surface area contributed by atoms with Crippen molar-refractivity contribution in [2.75, 3.05) is 19.7 Å². The highest BCUT2D eigenvalue weighted by molar-refractivity contribution is 6.39. The molecule has 1 aliphatic carbocycles. The zero-order chi connectivity index (χ0) is 27.5. The number of carbonyl (C=O) groups excluding carboxylic acids is 3. The van der Waals surface area contributed by atoms with E-state index in [1.54, 1.807) is 6.20 Å². The van der Waals surface area contributed by atoms with Gasteiger partial charge < -0.3 is 9.64 Å². The molecule has 1 fully saturated rings. The largest absolute Gasteiger partial charge is 0.466 e. The summed E-state index contributed by atoms with van der Waals surface area (Å²) in [5.41, 5.74) is 1.09. The van der Waals surface area contributed by atoms with Gasteiger partial charge in [0.05, 0.1) is 52.5 Å². The van der Waals surface area contributed by atoms with Gasteiger partial charge in [0.15, 0.2) is 5.78 Å². The van der Waals surface area contributed by atoms with Crippen molar-refractivity contribution in [3.05, 3.63) is 45.5 Å². The molecule has 2 aromatic heterocycles. The summed E-state index contributed by atoms with van der Waals surface area (Å²) in [5, 5.41) is 4.86. The summed E-state index contributed by atoms with van der Waals surface area (Å²) < 4.78 is 7.13. The van der Waals surface area contributed by atoms with Crippen molar-refractivity contribution in [3.63, 3.8) is 0 Å². The maximum Gasteiger partial charge on any atom is 0.309 e. The van der Waals surface area contributed by atoms with Crippen molar-refractivity contribution in [2.45, 2.75) is 66.8 Å². The van der Waals surface area contributed by atoms with Crippen molar-refractivity contribution in [1.82, 2.24) is 19.7 Å². The van der Waals surface area contributed by atoms with Crippen molar-refractivity contribution < 1.29 is 19.1 Å². The van der Waals surface area contributed by atoms with Crippen molar-refractivity contribution in [2.24, 2.45) is 17.3 Å². The van der Waals surface area contributed by atoms with E-state index in [4.69, 9.17) is 27.9 Å². The molecule has 0 saturated heterocycles. The fourth-order valence-electron chi connectivity index (χ4n) is 5.06. The summed E-state index contributed by atoms with van der Waals surface area (Å²) in [6, 6.07) is 0.0781. The summed E-state index contributed by atoms with van der Waals surface area (Å²) in [4.78, 5) is 44.6. The Labute approximate surface area is 228 Å². The van der Waals surface area contributed by atoms with Gasteiger partial charge in [0, 0.05) is 24.6 Å². The van der Waals surface area contributed by atoms with Crippen LogP contribution in [0.3, 0.4) is 0 Å². The second-order valence-corrected chi connectivity index (χ2v) is 11.8. The van der Waals surface area contributed by atoms with E-state index in [1.165, 1.54) is 17.3 Å². The first-order valence-electron chi connectivity index (χ1n) is 12.7. The molecular weight excluding hydrogens is 515 g/mol. The van der Waals surface area contributed by atoms with Gasteiger partial charge in [-0.1, -0.05) is 50.9 Å². The second kappa shape index (κ2) is 11.9. The minimum Gasteiger partial charge on any atom is -0.466 e. The van der Waals surface area contributed by atoms with Crippen LogP contribution in [0.25, 0.3) is 0 Å². The van der Waals surface area contributed by atoms with Crippen molar-refractivity contribution in [3.8, 4) is 0 Å². The van der Waals surface area contributed by atoms with Gasteiger partial charge in [-0.05, 0) is 44.4 Å². The van der Waals surface area contributed by atoms with E-state index in [0.717, 1.165) is 18.5 Å². The van der Waals surface area contributed by atoms with Crippen LogP contribution in [0, 0.1) is 24.2 Å². The molecule has 3 atom stereocenters. The highest BCUT2D eigenvalue weighted by Crippen LogP contribution is 2.38. The van der Waals surface area contributed by atoms with Crippen LogP contribution in [0.4, 0.5) is 0 Å². The monoisotopic (exact) mass is 550 g/mol. The van der Waals surface area contributed by atoms with E-state index in [2.05, 4.69) is 17.0 Å². The number of ether oxygens (including phenoxy) is 1. The number of carbonyl (C=O) groups is 3. The molecule has 0 spiro atoms. The molecule has 1 saturated carbocycles. The molecule has 0 aliphatic heterocycles. The number of hydrogen-bond donors (Lipinski definition) is 0. The summed E-state index contributed by atoms with van der Waals surface area (Å²) in [7, 11) is 0. The summed E-state index contributed by atoms with van der Waals surface area (Å²) in [6.07, 6.45) is 6.55. The Balaban J connectivity index is 1.82. The van der Waals surface area contributed by atoms with E-state index in [1.807, 2.05) is 39.3 Å². The van der Waals surface area contributed by atoms with Crippen LogP contribution in [-0.4, -0.2) is 57.0 Å². The van der Waals surface area contributed by atoms with Gasteiger partial charge in [0.25, 0.3) is 5.91 Å². The quantitative estimate of drug-likeness (QED) is 0.304. The smallest absolute Gasteiger partial charge is 0.309 e. The van der Waals surface area contributed by atoms with E-state index in [0.29, 0.717) is 25.1 Å². The molecular formula is C27H36Cl2N4O4. The lowest BCUT2D eigenvalue weighted by molar-refractivity contribution is -0.151. The fraction of sp³-hybridized carbons (Fsp3) is 0.593. The zero-order valence-electron chi connectivity index (χ0n) is 22.4. The second-order valence-electron chi connectivity index (χ2n) is 11.0. The lowest BCUT2D eigenvalue weighted by Crippen LogP contribution is -2.41. The molecule has 0 unspecified atom stereocenters. The molecule has 3 rings (SSSR count). The Kier molecular flexibility index (Phi) is 9.40.